The highest BCUT2D eigenvalue weighted by Crippen LogP contribution is 2.48. The molecule has 1 aliphatic rings. The molecule has 4 nitrogen and oxygen atoms in total. The van der Waals surface area contributed by atoms with Gasteiger partial charge in [0.25, 0.3) is 0 Å². The number of rotatable bonds is 5. The van der Waals surface area contributed by atoms with Crippen molar-refractivity contribution < 1.29 is 9.59 Å². The Hall–Kier alpha value is -2.20. The summed E-state index contributed by atoms with van der Waals surface area (Å²) in [5.74, 6) is -0.146. The van der Waals surface area contributed by atoms with Gasteiger partial charge in [0, 0.05) is 17.1 Å². The van der Waals surface area contributed by atoms with Gasteiger partial charge in [-0.15, -0.1) is 0 Å². The Kier molecular flexibility index (Phi) is 4.67. The topological polar surface area (TPSA) is 59.1 Å². The van der Waals surface area contributed by atoms with Crippen LogP contribution in [0.4, 0.5) is 0 Å². The molecule has 2 atom stereocenters. The number of nitrogens with zero attached hydrogens (tertiary/aromatic N) is 1. The highest BCUT2D eigenvalue weighted by molar-refractivity contribution is 6.31. The van der Waals surface area contributed by atoms with Gasteiger partial charge in [-0.25, -0.2) is 0 Å². The van der Waals surface area contributed by atoms with E-state index in [1.165, 1.54) is 0 Å². The van der Waals surface area contributed by atoms with Crippen molar-refractivity contribution in [3.8, 4) is 0 Å². The number of nitrogens with one attached hydrogen (secondary N) is 1. The number of carbonyl (C=O) groups excluding carboxylic acids is 2. The number of hydrogen-bond acceptors (Lipinski definition) is 3. The number of aromatic nitrogens is 1. The number of halogens is 1. The molecule has 1 saturated carbocycles. The predicted octanol–water partition coefficient (Wildman–Crippen LogP) is 3.45. The number of amides is 1. The summed E-state index contributed by atoms with van der Waals surface area (Å²) < 4.78 is 0. The summed E-state index contributed by atoms with van der Waals surface area (Å²) in [6, 6.07) is 9.53. The molecule has 1 heterocycles. The van der Waals surface area contributed by atoms with Gasteiger partial charge < -0.3 is 5.32 Å². The Morgan fingerprint density at radius 3 is 2.75 bits per heavy atom. The van der Waals surface area contributed by atoms with Crippen molar-refractivity contribution in [3.63, 3.8) is 0 Å². The lowest BCUT2D eigenvalue weighted by atomic mass is 10.1. The highest BCUT2D eigenvalue weighted by atomic mass is 35.5. The molecular formula is C19H19ClN2O2. The maximum Gasteiger partial charge on any atom is 0.224 e. The molecule has 1 aromatic carbocycles. The van der Waals surface area contributed by atoms with E-state index in [1.54, 1.807) is 12.3 Å². The molecule has 1 amide bonds. The first-order valence-corrected chi connectivity index (χ1v) is 8.33. The van der Waals surface area contributed by atoms with Gasteiger partial charge >= 0.3 is 0 Å². The van der Waals surface area contributed by atoms with Gasteiger partial charge in [0.1, 0.15) is 5.69 Å². The van der Waals surface area contributed by atoms with Crippen LogP contribution in [0, 0.1) is 19.8 Å². The Balaban J connectivity index is 1.56. The zero-order chi connectivity index (χ0) is 17.3. The van der Waals surface area contributed by atoms with E-state index in [2.05, 4.69) is 10.3 Å². The fourth-order valence-electron chi connectivity index (χ4n) is 2.85. The highest BCUT2D eigenvalue weighted by Gasteiger charge is 2.44. The second-order valence-electron chi connectivity index (χ2n) is 6.27. The second kappa shape index (κ2) is 6.73. The zero-order valence-corrected chi connectivity index (χ0v) is 14.4. The van der Waals surface area contributed by atoms with Crippen molar-refractivity contribution in [3.05, 3.63) is 63.9 Å². The third-order valence-electron chi connectivity index (χ3n) is 4.45. The minimum atomic E-state index is -0.169. The third kappa shape index (κ3) is 3.49. The van der Waals surface area contributed by atoms with Gasteiger partial charge in [-0.05, 0) is 55.0 Å². The lowest BCUT2D eigenvalue weighted by molar-refractivity contribution is -0.122. The Labute approximate surface area is 146 Å². The number of benzene rings is 1. The smallest absolute Gasteiger partial charge is 0.224 e. The molecule has 2 aromatic rings. The fraction of sp³-hybridized carbons (Fsp3) is 0.316. The molecule has 3 rings (SSSR count). The van der Waals surface area contributed by atoms with Gasteiger partial charge in [-0.2, -0.15) is 0 Å². The molecule has 5 heteroatoms. The zero-order valence-electron chi connectivity index (χ0n) is 13.7. The average molecular weight is 343 g/mol. The van der Waals surface area contributed by atoms with Crippen molar-refractivity contribution in [2.24, 2.45) is 5.92 Å². The molecule has 0 bridgehead atoms. The number of ketones is 1. The molecule has 0 saturated heterocycles. The van der Waals surface area contributed by atoms with Gasteiger partial charge in [0.05, 0.1) is 6.54 Å². The molecule has 1 aliphatic carbocycles. The van der Waals surface area contributed by atoms with E-state index < -0.39 is 0 Å². The maximum absolute atomic E-state index is 12.2. The van der Waals surface area contributed by atoms with E-state index in [9.17, 15) is 9.59 Å². The first-order chi connectivity index (χ1) is 11.5. The van der Waals surface area contributed by atoms with Crippen LogP contribution in [-0.4, -0.2) is 23.2 Å². The lowest BCUT2D eigenvalue weighted by Crippen LogP contribution is -2.31. The Morgan fingerprint density at radius 1 is 1.25 bits per heavy atom. The van der Waals surface area contributed by atoms with E-state index in [0.29, 0.717) is 5.69 Å². The van der Waals surface area contributed by atoms with Crippen LogP contribution in [0.5, 0.6) is 0 Å². The molecule has 1 N–H and O–H groups in total. The SMILES string of the molecule is Cc1ccc(C2CC2C(=O)NCC(=O)c2ncccc2C)cc1Cl. The molecule has 0 spiro atoms. The molecule has 0 aliphatic heterocycles. The number of pyridine rings is 1. The van der Waals surface area contributed by atoms with Gasteiger partial charge in [-0.3, -0.25) is 14.6 Å². The van der Waals surface area contributed by atoms with Crippen LogP contribution in [0.15, 0.2) is 36.5 Å². The average Bonchev–Trinajstić information content (AvgIpc) is 3.36. The van der Waals surface area contributed by atoms with Crippen molar-refractivity contribution in [1.29, 1.82) is 0 Å². The van der Waals surface area contributed by atoms with Crippen molar-refractivity contribution in [2.45, 2.75) is 26.2 Å². The molecule has 24 heavy (non-hydrogen) atoms. The third-order valence-corrected chi connectivity index (χ3v) is 4.86. The fourth-order valence-corrected chi connectivity index (χ4v) is 3.04. The van der Waals surface area contributed by atoms with Crippen LogP contribution in [0.25, 0.3) is 0 Å². The summed E-state index contributed by atoms with van der Waals surface area (Å²) in [4.78, 5) is 28.5. The Morgan fingerprint density at radius 2 is 2.04 bits per heavy atom. The van der Waals surface area contributed by atoms with Crippen LogP contribution in [0.2, 0.25) is 5.02 Å². The predicted molar refractivity (Wildman–Crippen MR) is 93.4 cm³/mol. The van der Waals surface area contributed by atoms with Gasteiger partial charge in [0.2, 0.25) is 11.7 Å². The van der Waals surface area contributed by atoms with Crippen LogP contribution in [0.3, 0.4) is 0 Å². The standard InChI is InChI=1S/C19H19ClN2O2/c1-11-5-6-13(8-16(11)20)14-9-15(14)19(24)22-10-17(23)18-12(2)4-3-7-21-18/h3-8,14-15H,9-10H2,1-2H3,(H,22,24). The summed E-state index contributed by atoms with van der Waals surface area (Å²) in [6.45, 7) is 3.77. The van der Waals surface area contributed by atoms with Crippen LogP contribution >= 0.6 is 11.6 Å². The minimum Gasteiger partial charge on any atom is -0.348 e. The summed E-state index contributed by atoms with van der Waals surface area (Å²) in [5, 5.41) is 3.46. The number of carbonyl (C=O) groups is 2. The molecular weight excluding hydrogens is 324 g/mol. The van der Waals surface area contributed by atoms with Crippen LogP contribution < -0.4 is 5.32 Å². The number of Topliss-reactive ketones (excluding diaryl/α,β-unsaturated/α-hetero) is 1. The van der Waals surface area contributed by atoms with E-state index in [1.807, 2.05) is 38.1 Å². The van der Waals surface area contributed by atoms with Crippen molar-refractivity contribution in [2.75, 3.05) is 6.54 Å². The minimum absolute atomic E-state index is 0.0193. The first-order valence-electron chi connectivity index (χ1n) is 7.96. The van der Waals surface area contributed by atoms with Gasteiger partial charge in [-0.1, -0.05) is 29.8 Å². The first kappa shape index (κ1) is 16.7. The van der Waals surface area contributed by atoms with Crippen LogP contribution in [-0.2, 0) is 4.79 Å². The van der Waals surface area contributed by atoms with E-state index in [0.717, 1.165) is 28.1 Å². The molecule has 1 aromatic heterocycles. The number of hydrogen-bond donors (Lipinski definition) is 1. The van der Waals surface area contributed by atoms with Gasteiger partial charge in [0.15, 0.2) is 0 Å². The van der Waals surface area contributed by atoms with E-state index in [4.69, 9.17) is 11.6 Å². The van der Waals surface area contributed by atoms with Crippen molar-refractivity contribution in [1.82, 2.24) is 10.3 Å². The molecule has 2 unspecified atom stereocenters. The normalized spacial score (nSPS) is 19.0. The molecule has 1 fully saturated rings. The van der Waals surface area contributed by atoms with Crippen molar-refractivity contribution >= 4 is 23.3 Å². The molecule has 0 radical (unpaired) electrons. The lowest BCUT2D eigenvalue weighted by Gasteiger charge is -2.06. The largest absolute Gasteiger partial charge is 0.348 e. The summed E-state index contributed by atoms with van der Waals surface area (Å²) in [5.41, 5.74) is 3.34. The maximum atomic E-state index is 12.2. The monoisotopic (exact) mass is 342 g/mol. The van der Waals surface area contributed by atoms with Crippen LogP contribution in [0.1, 0.15) is 39.5 Å². The van der Waals surface area contributed by atoms with E-state index >= 15 is 0 Å². The summed E-state index contributed by atoms with van der Waals surface area (Å²) in [6.07, 6.45) is 2.38. The van der Waals surface area contributed by atoms with E-state index in [-0.39, 0.29) is 30.1 Å². The summed E-state index contributed by atoms with van der Waals surface area (Å²) >= 11 is 6.15. The quantitative estimate of drug-likeness (QED) is 0.846. The number of aryl methyl sites for hydroxylation is 2. The second-order valence-corrected chi connectivity index (χ2v) is 6.67. The molecule has 124 valence electrons. The summed E-state index contributed by atoms with van der Waals surface area (Å²) in [7, 11) is 0. The Bertz CT molecular complexity index is 804.